The Hall–Kier alpha value is -3.46. The second-order valence-electron chi connectivity index (χ2n) is 10.2. The summed E-state index contributed by atoms with van der Waals surface area (Å²) in [5.74, 6) is 0.527. The Bertz CT molecular complexity index is 1380. The molecule has 0 bridgehead atoms. The third-order valence-electron chi connectivity index (χ3n) is 7.05. The van der Waals surface area contributed by atoms with E-state index in [4.69, 9.17) is 4.52 Å². The fourth-order valence-electron chi connectivity index (χ4n) is 4.37. The summed E-state index contributed by atoms with van der Waals surface area (Å²) in [4.78, 5) is 4.42. The van der Waals surface area contributed by atoms with E-state index in [1.165, 1.54) is 12.1 Å². The van der Waals surface area contributed by atoms with E-state index in [9.17, 15) is 18.3 Å². The predicted octanol–water partition coefficient (Wildman–Crippen LogP) is 5.82. The van der Waals surface area contributed by atoms with Gasteiger partial charge in [-0.1, -0.05) is 67.5 Å². The molecule has 36 heavy (non-hydrogen) atoms. The van der Waals surface area contributed by atoms with Crippen LogP contribution in [0.25, 0.3) is 23.0 Å². The highest BCUT2D eigenvalue weighted by atomic mass is 19.4. The van der Waals surface area contributed by atoms with E-state index in [2.05, 4.69) is 21.3 Å². The van der Waals surface area contributed by atoms with Gasteiger partial charge in [0.05, 0.1) is 18.6 Å². The number of aromatic nitrogens is 4. The lowest BCUT2D eigenvalue weighted by atomic mass is 9.85. The summed E-state index contributed by atoms with van der Waals surface area (Å²) in [6.07, 6.45) is -4.01. The van der Waals surface area contributed by atoms with E-state index in [0.29, 0.717) is 23.6 Å². The molecule has 2 heterocycles. The summed E-state index contributed by atoms with van der Waals surface area (Å²) in [7, 11) is 0. The highest BCUT2D eigenvalue weighted by Crippen LogP contribution is 2.58. The van der Waals surface area contributed by atoms with Crippen LogP contribution >= 0.6 is 0 Å². The molecular formula is C27H27F3N4O2. The minimum atomic E-state index is -4.25. The monoisotopic (exact) mass is 496 g/mol. The van der Waals surface area contributed by atoms with E-state index in [-0.39, 0.29) is 36.3 Å². The molecule has 0 unspecified atom stereocenters. The molecule has 9 heteroatoms. The quantitative estimate of drug-likeness (QED) is 0.349. The van der Waals surface area contributed by atoms with Gasteiger partial charge in [-0.3, -0.25) is 4.68 Å². The van der Waals surface area contributed by atoms with Crippen LogP contribution in [0, 0.1) is 6.92 Å². The predicted molar refractivity (Wildman–Crippen MR) is 128 cm³/mol. The van der Waals surface area contributed by atoms with E-state index in [1.807, 2.05) is 49.7 Å². The molecule has 2 aromatic carbocycles. The van der Waals surface area contributed by atoms with Crippen molar-refractivity contribution in [3.8, 4) is 23.0 Å². The molecule has 0 saturated heterocycles. The molecule has 2 aromatic heterocycles. The average Bonchev–Trinajstić information content (AvgIpc) is 3.41. The van der Waals surface area contributed by atoms with Gasteiger partial charge in [-0.25, -0.2) is 0 Å². The highest BCUT2D eigenvalue weighted by molar-refractivity contribution is 5.59. The van der Waals surface area contributed by atoms with Crippen LogP contribution in [-0.2, 0) is 17.4 Å². The van der Waals surface area contributed by atoms with Crippen LogP contribution in [0.2, 0.25) is 0 Å². The number of aryl methyl sites for hydroxylation is 1. The number of aliphatic hydroxyl groups is 1. The molecule has 188 valence electrons. The molecule has 0 amide bonds. The SMILES string of the molecule is Cc1cc(-c2nc(-c3ccc(C4(C(F)(F)F)CC4)cc3)no2)nn1Cc1cccc(C(C)(C)CO)c1. The Kier molecular flexibility index (Phi) is 5.78. The number of nitrogens with zero attached hydrogens (tertiary/aromatic N) is 4. The molecule has 1 aliphatic rings. The summed E-state index contributed by atoms with van der Waals surface area (Å²) in [6, 6.07) is 16.1. The molecule has 0 atom stereocenters. The molecule has 5 rings (SSSR count). The number of aliphatic hydroxyl groups excluding tert-OH is 1. The van der Waals surface area contributed by atoms with Crippen LogP contribution < -0.4 is 0 Å². The maximum absolute atomic E-state index is 13.4. The molecule has 1 N–H and O–H groups in total. The fourth-order valence-corrected chi connectivity index (χ4v) is 4.37. The summed E-state index contributed by atoms with van der Waals surface area (Å²) >= 11 is 0. The van der Waals surface area contributed by atoms with E-state index in [1.54, 1.807) is 12.1 Å². The lowest BCUT2D eigenvalue weighted by Gasteiger charge is -2.23. The number of benzene rings is 2. The molecule has 0 spiro atoms. The molecule has 4 aromatic rings. The van der Waals surface area contributed by atoms with Crippen molar-refractivity contribution < 1.29 is 22.8 Å². The van der Waals surface area contributed by atoms with Crippen molar-refractivity contribution in [1.29, 1.82) is 0 Å². The van der Waals surface area contributed by atoms with Crippen molar-refractivity contribution >= 4 is 0 Å². The van der Waals surface area contributed by atoms with Crippen LogP contribution in [0.1, 0.15) is 49.1 Å². The van der Waals surface area contributed by atoms with Gasteiger partial charge in [0.2, 0.25) is 5.82 Å². The molecule has 6 nitrogen and oxygen atoms in total. The third kappa shape index (κ3) is 4.32. The van der Waals surface area contributed by atoms with Gasteiger partial charge in [-0.2, -0.15) is 23.3 Å². The zero-order valence-electron chi connectivity index (χ0n) is 20.3. The molecule has 0 radical (unpaired) electrons. The Labute approximate surface area is 206 Å². The van der Waals surface area contributed by atoms with Crippen LogP contribution in [0.5, 0.6) is 0 Å². The van der Waals surface area contributed by atoms with Crippen LogP contribution in [0.15, 0.2) is 59.1 Å². The minimum Gasteiger partial charge on any atom is -0.395 e. The van der Waals surface area contributed by atoms with Crippen molar-refractivity contribution in [2.75, 3.05) is 6.61 Å². The van der Waals surface area contributed by atoms with E-state index < -0.39 is 11.6 Å². The van der Waals surface area contributed by atoms with E-state index in [0.717, 1.165) is 16.8 Å². The highest BCUT2D eigenvalue weighted by Gasteiger charge is 2.64. The zero-order chi connectivity index (χ0) is 25.7. The number of rotatable bonds is 7. The molecular weight excluding hydrogens is 469 g/mol. The topological polar surface area (TPSA) is 77.0 Å². The lowest BCUT2D eigenvalue weighted by molar-refractivity contribution is -0.160. The van der Waals surface area contributed by atoms with Crippen molar-refractivity contribution in [3.05, 3.63) is 77.0 Å². The first-order chi connectivity index (χ1) is 17.0. The van der Waals surface area contributed by atoms with Gasteiger partial charge in [0.25, 0.3) is 5.89 Å². The average molecular weight is 497 g/mol. The maximum Gasteiger partial charge on any atom is 0.398 e. The summed E-state index contributed by atoms with van der Waals surface area (Å²) in [6.45, 7) is 6.49. The standard InChI is InChI=1S/C27H27F3N4O2/c1-17-13-22(32-34(17)15-18-5-4-6-21(14-18)25(2,3)16-35)24-31-23(33-36-24)19-7-9-20(10-8-19)26(11-12-26)27(28,29)30/h4-10,13-14,35H,11-12,15-16H2,1-3H3. The minimum absolute atomic E-state index is 0.0484. The van der Waals surface area contributed by atoms with Gasteiger partial charge in [0.15, 0.2) is 5.69 Å². The second kappa shape index (κ2) is 8.58. The van der Waals surface area contributed by atoms with Gasteiger partial charge in [0.1, 0.15) is 0 Å². The van der Waals surface area contributed by atoms with Crippen molar-refractivity contribution in [1.82, 2.24) is 19.9 Å². The van der Waals surface area contributed by atoms with Crippen LogP contribution in [0.4, 0.5) is 13.2 Å². The second-order valence-corrected chi connectivity index (χ2v) is 10.2. The first-order valence-electron chi connectivity index (χ1n) is 11.8. The Morgan fingerprint density at radius 3 is 2.42 bits per heavy atom. The Morgan fingerprint density at radius 2 is 1.78 bits per heavy atom. The Morgan fingerprint density at radius 1 is 1.06 bits per heavy atom. The largest absolute Gasteiger partial charge is 0.398 e. The third-order valence-corrected chi connectivity index (χ3v) is 7.05. The smallest absolute Gasteiger partial charge is 0.395 e. The van der Waals surface area contributed by atoms with Crippen molar-refractivity contribution in [3.63, 3.8) is 0 Å². The van der Waals surface area contributed by atoms with Crippen LogP contribution in [-0.4, -0.2) is 37.8 Å². The van der Waals surface area contributed by atoms with Crippen molar-refractivity contribution in [2.24, 2.45) is 0 Å². The molecule has 1 aliphatic carbocycles. The summed E-state index contributed by atoms with van der Waals surface area (Å²) in [5, 5.41) is 18.3. The number of alkyl halides is 3. The number of hydrogen-bond acceptors (Lipinski definition) is 5. The number of halogens is 3. The van der Waals surface area contributed by atoms with Gasteiger partial charge in [0, 0.05) is 16.7 Å². The molecule has 0 aliphatic heterocycles. The first kappa shape index (κ1) is 24.2. The summed E-state index contributed by atoms with van der Waals surface area (Å²) in [5.41, 5.74) is 2.30. The van der Waals surface area contributed by atoms with Gasteiger partial charge in [-0.15, -0.1) is 0 Å². The van der Waals surface area contributed by atoms with Gasteiger partial charge >= 0.3 is 6.18 Å². The van der Waals surface area contributed by atoms with Crippen molar-refractivity contribution in [2.45, 2.75) is 57.2 Å². The van der Waals surface area contributed by atoms with Crippen LogP contribution in [0.3, 0.4) is 0 Å². The Balaban J connectivity index is 1.34. The molecule has 1 saturated carbocycles. The number of hydrogen-bond donors (Lipinski definition) is 1. The van der Waals surface area contributed by atoms with Gasteiger partial charge in [-0.05, 0) is 42.5 Å². The summed E-state index contributed by atoms with van der Waals surface area (Å²) < 4.78 is 47.5. The first-order valence-corrected chi connectivity index (χ1v) is 11.8. The lowest BCUT2D eigenvalue weighted by Crippen LogP contribution is -2.28. The fraction of sp³-hybridized carbons (Fsp3) is 0.370. The molecule has 1 fully saturated rings. The zero-order valence-corrected chi connectivity index (χ0v) is 20.3. The van der Waals surface area contributed by atoms with E-state index >= 15 is 0 Å². The van der Waals surface area contributed by atoms with Gasteiger partial charge < -0.3 is 9.63 Å². The maximum atomic E-state index is 13.4. The normalized spacial score (nSPS) is 15.3.